The number of esters is 1. The lowest BCUT2D eigenvalue weighted by Crippen LogP contribution is -1.92. The van der Waals surface area contributed by atoms with Crippen LogP contribution in [-0.2, 0) is 9.53 Å². The maximum atomic E-state index is 10.7. The largest absolute Gasteiger partial charge is 0.466 e. The average Bonchev–Trinajstić information content (AvgIpc) is 2.21. The molecule has 0 unspecified atom stereocenters. The number of pyridine rings is 1. The van der Waals surface area contributed by atoms with E-state index in [9.17, 15) is 4.79 Å². The molecular weight excluding hydrogens is 200 g/mol. The van der Waals surface area contributed by atoms with Crippen LogP contribution in [0.3, 0.4) is 0 Å². The molecule has 0 spiro atoms. The number of carbonyl (C=O) groups is 1. The number of carbonyl (C=O) groups excluding carboxylic acids is 1. The van der Waals surface area contributed by atoms with Gasteiger partial charge in [-0.25, -0.2) is 9.78 Å². The van der Waals surface area contributed by atoms with Crippen LogP contribution in [0, 0.1) is 0 Å². The third-order valence-electron chi connectivity index (χ3n) is 1.37. The first-order valence-electron chi connectivity index (χ1n) is 3.85. The number of methoxy groups -OCH3 is 1. The fourth-order valence-corrected chi connectivity index (χ4v) is 1.29. The Morgan fingerprint density at radius 1 is 1.64 bits per heavy atom. The topological polar surface area (TPSA) is 65.2 Å². The summed E-state index contributed by atoms with van der Waals surface area (Å²) in [5.41, 5.74) is 5.41. The van der Waals surface area contributed by atoms with Gasteiger partial charge in [0.05, 0.1) is 7.11 Å². The molecule has 0 aliphatic rings. The number of nitrogens with zero attached hydrogens (tertiary/aromatic N) is 1. The minimum absolute atomic E-state index is 0.374. The zero-order valence-corrected chi connectivity index (χ0v) is 8.45. The highest BCUT2D eigenvalue weighted by atomic mass is 32.2. The molecule has 1 aromatic heterocycles. The van der Waals surface area contributed by atoms with E-state index in [0.717, 1.165) is 4.90 Å². The number of hydrogen-bond donors (Lipinski definition) is 1. The maximum absolute atomic E-state index is 10.7. The van der Waals surface area contributed by atoms with Gasteiger partial charge in [0.2, 0.25) is 0 Å². The molecule has 14 heavy (non-hydrogen) atoms. The van der Waals surface area contributed by atoms with E-state index in [1.807, 2.05) is 6.07 Å². The van der Waals surface area contributed by atoms with Crippen LogP contribution < -0.4 is 5.73 Å². The Bertz CT molecular complexity index is 335. The molecule has 0 saturated heterocycles. The van der Waals surface area contributed by atoms with Crippen molar-refractivity contribution in [3.05, 3.63) is 29.8 Å². The fourth-order valence-electron chi connectivity index (χ4n) is 0.698. The van der Waals surface area contributed by atoms with E-state index >= 15 is 0 Å². The van der Waals surface area contributed by atoms with Gasteiger partial charge in [0.25, 0.3) is 0 Å². The molecule has 0 aliphatic heterocycles. The highest BCUT2D eigenvalue weighted by molar-refractivity contribution is 8.02. The number of aromatic nitrogens is 1. The van der Waals surface area contributed by atoms with Gasteiger partial charge in [0.15, 0.2) is 0 Å². The second-order valence-electron chi connectivity index (χ2n) is 2.36. The predicted octanol–water partition coefficient (Wildman–Crippen LogP) is 1.44. The molecule has 0 radical (unpaired) electrons. The molecule has 0 bridgehead atoms. The summed E-state index contributed by atoms with van der Waals surface area (Å²) in [6, 6.07) is 3.53. The molecule has 0 saturated carbocycles. The van der Waals surface area contributed by atoms with E-state index in [-0.39, 0.29) is 5.97 Å². The molecule has 0 fully saturated rings. The van der Waals surface area contributed by atoms with Crippen LogP contribution in [0.2, 0.25) is 0 Å². The van der Waals surface area contributed by atoms with Gasteiger partial charge in [-0.2, -0.15) is 0 Å². The van der Waals surface area contributed by atoms with E-state index in [1.165, 1.54) is 24.9 Å². The van der Waals surface area contributed by atoms with Gasteiger partial charge >= 0.3 is 5.97 Å². The molecule has 0 aliphatic carbocycles. The monoisotopic (exact) mass is 210 g/mol. The summed E-state index contributed by atoms with van der Waals surface area (Å²) in [4.78, 5) is 15.5. The number of nitrogens with two attached hydrogens (primary N) is 1. The van der Waals surface area contributed by atoms with Crippen molar-refractivity contribution < 1.29 is 9.53 Å². The number of hydrogen-bond acceptors (Lipinski definition) is 5. The molecule has 0 amide bonds. The Balaban J connectivity index is 2.49. The van der Waals surface area contributed by atoms with Crippen molar-refractivity contribution in [3.8, 4) is 0 Å². The second kappa shape index (κ2) is 5.29. The second-order valence-corrected chi connectivity index (χ2v) is 3.34. The van der Waals surface area contributed by atoms with Gasteiger partial charge in [-0.15, -0.1) is 0 Å². The lowest BCUT2D eigenvalue weighted by molar-refractivity contribution is -0.134. The lowest BCUT2D eigenvalue weighted by atomic mass is 10.5. The summed E-state index contributed by atoms with van der Waals surface area (Å²) >= 11 is 1.37. The van der Waals surface area contributed by atoms with Crippen molar-refractivity contribution in [2.45, 2.75) is 4.90 Å². The Morgan fingerprint density at radius 2 is 2.43 bits per heavy atom. The zero-order chi connectivity index (χ0) is 10.4. The highest BCUT2D eigenvalue weighted by Crippen LogP contribution is 2.18. The van der Waals surface area contributed by atoms with Crippen molar-refractivity contribution in [1.82, 2.24) is 4.98 Å². The lowest BCUT2D eigenvalue weighted by Gasteiger charge is -1.95. The van der Waals surface area contributed by atoms with Crippen LogP contribution in [0.5, 0.6) is 0 Å². The van der Waals surface area contributed by atoms with Gasteiger partial charge in [-0.05, 0) is 17.5 Å². The molecule has 2 N–H and O–H groups in total. The van der Waals surface area contributed by atoms with Gasteiger partial charge in [0.1, 0.15) is 5.82 Å². The Morgan fingerprint density at radius 3 is 3.00 bits per heavy atom. The Hall–Kier alpha value is -1.49. The number of rotatable bonds is 3. The van der Waals surface area contributed by atoms with Crippen molar-refractivity contribution in [3.63, 3.8) is 0 Å². The van der Waals surface area contributed by atoms with Crippen molar-refractivity contribution in [1.29, 1.82) is 0 Å². The number of anilines is 1. The van der Waals surface area contributed by atoms with Crippen molar-refractivity contribution in [2.24, 2.45) is 0 Å². The SMILES string of the molecule is COC(=O)C=CSc1ccc(N)nc1. The summed E-state index contributed by atoms with van der Waals surface area (Å²) in [6.07, 6.45) is 2.99. The van der Waals surface area contributed by atoms with Gasteiger partial charge < -0.3 is 10.5 Å². The standard InChI is InChI=1S/C9H10N2O2S/c1-13-9(12)4-5-14-7-2-3-8(10)11-6-7/h2-6H,1H3,(H2,10,11). The summed E-state index contributed by atoms with van der Waals surface area (Å²) < 4.78 is 4.43. The third kappa shape index (κ3) is 3.49. The van der Waals surface area contributed by atoms with Gasteiger partial charge in [0, 0.05) is 17.2 Å². The van der Waals surface area contributed by atoms with E-state index in [0.29, 0.717) is 5.82 Å². The van der Waals surface area contributed by atoms with Crippen molar-refractivity contribution >= 4 is 23.5 Å². The van der Waals surface area contributed by atoms with Crippen LogP contribution in [0.4, 0.5) is 5.82 Å². The van der Waals surface area contributed by atoms with Crippen LogP contribution in [0.25, 0.3) is 0 Å². The fraction of sp³-hybridized carbons (Fsp3) is 0.111. The van der Waals surface area contributed by atoms with Gasteiger partial charge in [-0.3, -0.25) is 0 Å². The van der Waals surface area contributed by atoms with Crippen LogP contribution in [-0.4, -0.2) is 18.1 Å². The minimum atomic E-state index is -0.374. The van der Waals surface area contributed by atoms with E-state index in [1.54, 1.807) is 17.7 Å². The Labute approximate surface area is 86.2 Å². The number of ether oxygens (including phenoxy) is 1. The van der Waals surface area contributed by atoms with E-state index < -0.39 is 0 Å². The number of nitrogen functional groups attached to an aromatic ring is 1. The number of thioether (sulfide) groups is 1. The molecule has 1 heterocycles. The summed E-state index contributed by atoms with van der Waals surface area (Å²) in [6.45, 7) is 0. The average molecular weight is 210 g/mol. The normalized spacial score (nSPS) is 10.4. The summed E-state index contributed by atoms with van der Waals surface area (Å²) in [7, 11) is 1.34. The molecule has 1 aromatic rings. The van der Waals surface area contributed by atoms with Crippen LogP contribution in [0.1, 0.15) is 0 Å². The first-order valence-corrected chi connectivity index (χ1v) is 4.73. The molecular formula is C9H10N2O2S. The van der Waals surface area contributed by atoms with E-state index in [2.05, 4.69) is 9.72 Å². The predicted molar refractivity (Wildman–Crippen MR) is 55.7 cm³/mol. The molecule has 1 rings (SSSR count). The maximum Gasteiger partial charge on any atom is 0.330 e. The summed E-state index contributed by atoms with van der Waals surface area (Å²) in [5, 5.41) is 1.64. The molecule has 4 nitrogen and oxygen atoms in total. The Kier molecular flexibility index (Phi) is 4.00. The summed E-state index contributed by atoms with van der Waals surface area (Å²) in [5.74, 6) is 0.104. The quantitative estimate of drug-likeness (QED) is 0.464. The van der Waals surface area contributed by atoms with Crippen LogP contribution in [0.15, 0.2) is 34.7 Å². The highest BCUT2D eigenvalue weighted by Gasteiger charge is 1.93. The molecule has 0 aromatic carbocycles. The van der Waals surface area contributed by atoms with Crippen LogP contribution >= 0.6 is 11.8 Å². The smallest absolute Gasteiger partial charge is 0.330 e. The first kappa shape index (κ1) is 10.6. The molecule has 0 atom stereocenters. The zero-order valence-electron chi connectivity index (χ0n) is 7.64. The minimum Gasteiger partial charge on any atom is -0.466 e. The van der Waals surface area contributed by atoms with Gasteiger partial charge in [-0.1, -0.05) is 11.8 Å². The van der Waals surface area contributed by atoms with E-state index in [4.69, 9.17) is 5.73 Å². The third-order valence-corrected chi connectivity index (χ3v) is 2.15. The first-order chi connectivity index (χ1) is 6.72. The van der Waals surface area contributed by atoms with Crippen molar-refractivity contribution in [2.75, 3.05) is 12.8 Å². The molecule has 5 heteroatoms. The molecule has 74 valence electrons.